The standard InChI is InChI=1S/C18H18ClNO4/c1-22-15-10-12(11-16(23-2)18(15)24-3)8-9-17(21)20-14-7-5-4-6-13(14)19/h4-11H,1-3H3,(H,20,21)/b9-8+. The quantitative estimate of drug-likeness (QED) is 0.802. The Morgan fingerprint density at radius 1 is 1.04 bits per heavy atom. The summed E-state index contributed by atoms with van der Waals surface area (Å²) < 4.78 is 15.8. The number of amides is 1. The summed E-state index contributed by atoms with van der Waals surface area (Å²) in [4.78, 5) is 12.0. The largest absolute Gasteiger partial charge is 0.493 e. The van der Waals surface area contributed by atoms with Gasteiger partial charge in [0.05, 0.1) is 32.0 Å². The Balaban J connectivity index is 2.19. The van der Waals surface area contributed by atoms with Crippen molar-refractivity contribution in [1.82, 2.24) is 0 Å². The van der Waals surface area contributed by atoms with Crippen molar-refractivity contribution in [2.75, 3.05) is 26.6 Å². The zero-order valence-electron chi connectivity index (χ0n) is 13.6. The van der Waals surface area contributed by atoms with Crippen molar-refractivity contribution < 1.29 is 19.0 Å². The number of anilines is 1. The third kappa shape index (κ3) is 4.20. The molecule has 2 aromatic carbocycles. The normalized spacial score (nSPS) is 10.5. The lowest BCUT2D eigenvalue weighted by molar-refractivity contribution is -0.111. The van der Waals surface area contributed by atoms with Crippen LogP contribution in [-0.2, 0) is 4.79 Å². The monoisotopic (exact) mass is 347 g/mol. The summed E-state index contributed by atoms with van der Waals surface area (Å²) in [7, 11) is 4.61. The van der Waals surface area contributed by atoms with Crippen LogP contribution in [0.5, 0.6) is 17.2 Å². The van der Waals surface area contributed by atoms with Gasteiger partial charge in [0.25, 0.3) is 0 Å². The summed E-state index contributed by atoms with van der Waals surface area (Å²) in [6, 6.07) is 10.5. The second-order valence-corrected chi connectivity index (χ2v) is 5.17. The van der Waals surface area contributed by atoms with Gasteiger partial charge in [-0.05, 0) is 35.9 Å². The van der Waals surface area contributed by atoms with Crippen LogP contribution in [0.15, 0.2) is 42.5 Å². The van der Waals surface area contributed by atoms with Gasteiger partial charge >= 0.3 is 0 Å². The molecule has 0 aliphatic heterocycles. The molecule has 0 saturated carbocycles. The number of hydrogen-bond donors (Lipinski definition) is 1. The highest BCUT2D eigenvalue weighted by Gasteiger charge is 2.12. The van der Waals surface area contributed by atoms with Crippen LogP contribution in [0.2, 0.25) is 5.02 Å². The van der Waals surface area contributed by atoms with E-state index in [0.717, 1.165) is 5.56 Å². The molecule has 2 aromatic rings. The van der Waals surface area contributed by atoms with Crippen molar-refractivity contribution >= 4 is 29.3 Å². The maximum absolute atomic E-state index is 12.0. The molecule has 0 atom stereocenters. The predicted molar refractivity (Wildman–Crippen MR) is 95.2 cm³/mol. The summed E-state index contributed by atoms with van der Waals surface area (Å²) >= 11 is 6.01. The molecular formula is C18H18ClNO4. The van der Waals surface area contributed by atoms with Gasteiger partial charge in [0.2, 0.25) is 11.7 Å². The topological polar surface area (TPSA) is 56.8 Å². The van der Waals surface area contributed by atoms with E-state index < -0.39 is 0 Å². The van der Waals surface area contributed by atoms with Gasteiger partial charge in [0, 0.05) is 6.08 Å². The van der Waals surface area contributed by atoms with E-state index in [1.54, 1.807) is 42.5 Å². The molecule has 5 nitrogen and oxygen atoms in total. The van der Waals surface area contributed by atoms with Crippen LogP contribution < -0.4 is 19.5 Å². The summed E-state index contributed by atoms with van der Waals surface area (Å²) in [5.41, 5.74) is 1.29. The fourth-order valence-corrected chi connectivity index (χ4v) is 2.29. The molecule has 0 bridgehead atoms. The first-order valence-corrected chi connectivity index (χ1v) is 7.50. The van der Waals surface area contributed by atoms with Crippen molar-refractivity contribution in [3.05, 3.63) is 53.1 Å². The second-order valence-electron chi connectivity index (χ2n) is 4.76. The highest BCUT2D eigenvalue weighted by atomic mass is 35.5. The highest BCUT2D eigenvalue weighted by molar-refractivity contribution is 6.33. The Bertz CT molecular complexity index is 733. The van der Waals surface area contributed by atoms with Gasteiger partial charge in [-0.15, -0.1) is 0 Å². The van der Waals surface area contributed by atoms with Gasteiger partial charge < -0.3 is 19.5 Å². The molecule has 24 heavy (non-hydrogen) atoms. The molecule has 0 fully saturated rings. The van der Waals surface area contributed by atoms with Gasteiger partial charge in [0.1, 0.15) is 0 Å². The molecule has 0 aliphatic carbocycles. The fourth-order valence-electron chi connectivity index (χ4n) is 2.11. The number of carbonyl (C=O) groups is 1. The minimum absolute atomic E-state index is 0.295. The van der Waals surface area contributed by atoms with Gasteiger partial charge in [0.15, 0.2) is 11.5 Å². The molecule has 6 heteroatoms. The predicted octanol–water partition coefficient (Wildman–Crippen LogP) is 4.02. The number of carbonyl (C=O) groups excluding carboxylic acids is 1. The lowest BCUT2D eigenvalue weighted by Crippen LogP contribution is -2.07. The van der Waals surface area contributed by atoms with Crippen LogP contribution in [0.4, 0.5) is 5.69 Å². The van der Waals surface area contributed by atoms with Crippen molar-refractivity contribution in [3.8, 4) is 17.2 Å². The van der Waals surface area contributed by atoms with Crippen LogP contribution in [0.1, 0.15) is 5.56 Å². The fraction of sp³-hybridized carbons (Fsp3) is 0.167. The maximum atomic E-state index is 12.0. The molecule has 0 aromatic heterocycles. The first-order chi connectivity index (χ1) is 11.6. The zero-order chi connectivity index (χ0) is 17.5. The molecule has 126 valence electrons. The molecule has 2 rings (SSSR count). The molecule has 0 unspecified atom stereocenters. The first-order valence-electron chi connectivity index (χ1n) is 7.12. The lowest BCUT2D eigenvalue weighted by Gasteiger charge is -2.12. The number of ether oxygens (including phenoxy) is 3. The zero-order valence-corrected chi connectivity index (χ0v) is 14.4. The van der Waals surface area contributed by atoms with Crippen molar-refractivity contribution in [2.45, 2.75) is 0 Å². The number of methoxy groups -OCH3 is 3. The Morgan fingerprint density at radius 3 is 2.21 bits per heavy atom. The van der Waals surface area contributed by atoms with E-state index in [1.807, 2.05) is 0 Å². The Labute approximate surface area is 145 Å². The van der Waals surface area contributed by atoms with Gasteiger partial charge in [-0.1, -0.05) is 23.7 Å². The third-order valence-corrected chi connectivity index (χ3v) is 3.58. The van der Waals surface area contributed by atoms with E-state index in [0.29, 0.717) is 28.0 Å². The van der Waals surface area contributed by atoms with E-state index in [1.165, 1.54) is 27.4 Å². The number of benzene rings is 2. The number of para-hydroxylation sites is 1. The molecule has 0 radical (unpaired) electrons. The van der Waals surface area contributed by atoms with Crippen LogP contribution in [0.3, 0.4) is 0 Å². The number of rotatable bonds is 6. The number of halogens is 1. The van der Waals surface area contributed by atoms with Crippen LogP contribution in [0, 0.1) is 0 Å². The first kappa shape index (κ1) is 17.7. The summed E-state index contributed by atoms with van der Waals surface area (Å²) in [5.74, 6) is 1.24. The Hall–Kier alpha value is -2.66. The minimum Gasteiger partial charge on any atom is -0.493 e. The molecule has 0 aliphatic rings. The minimum atomic E-state index is -0.295. The van der Waals surface area contributed by atoms with Crippen molar-refractivity contribution in [3.63, 3.8) is 0 Å². The summed E-state index contributed by atoms with van der Waals surface area (Å²) in [5, 5.41) is 3.19. The van der Waals surface area contributed by atoms with Crippen molar-refractivity contribution in [2.24, 2.45) is 0 Å². The van der Waals surface area contributed by atoms with Gasteiger partial charge in [-0.3, -0.25) is 4.79 Å². The summed E-state index contributed by atoms with van der Waals surface area (Å²) in [6.45, 7) is 0. The third-order valence-electron chi connectivity index (χ3n) is 3.25. The van der Waals surface area contributed by atoms with Gasteiger partial charge in [-0.25, -0.2) is 0 Å². The molecule has 0 spiro atoms. The maximum Gasteiger partial charge on any atom is 0.248 e. The van der Waals surface area contributed by atoms with E-state index in [2.05, 4.69) is 5.32 Å². The second kappa shape index (κ2) is 8.26. The van der Waals surface area contributed by atoms with Crippen LogP contribution >= 0.6 is 11.6 Å². The molecular weight excluding hydrogens is 330 g/mol. The average Bonchev–Trinajstić information content (AvgIpc) is 2.60. The number of hydrogen-bond acceptors (Lipinski definition) is 4. The highest BCUT2D eigenvalue weighted by Crippen LogP contribution is 2.38. The van der Waals surface area contributed by atoms with E-state index in [9.17, 15) is 4.79 Å². The van der Waals surface area contributed by atoms with Crippen molar-refractivity contribution in [1.29, 1.82) is 0 Å². The molecule has 0 heterocycles. The van der Waals surface area contributed by atoms with Crippen LogP contribution in [-0.4, -0.2) is 27.2 Å². The molecule has 1 amide bonds. The van der Waals surface area contributed by atoms with Gasteiger partial charge in [-0.2, -0.15) is 0 Å². The van der Waals surface area contributed by atoms with E-state index >= 15 is 0 Å². The summed E-state index contributed by atoms with van der Waals surface area (Å²) in [6.07, 6.45) is 3.06. The van der Waals surface area contributed by atoms with Crippen LogP contribution in [0.25, 0.3) is 6.08 Å². The molecule has 0 saturated heterocycles. The SMILES string of the molecule is COc1cc(/C=C/C(=O)Nc2ccccc2Cl)cc(OC)c1OC. The smallest absolute Gasteiger partial charge is 0.248 e. The Morgan fingerprint density at radius 2 is 1.67 bits per heavy atom. The molecule has 1 N–H and O–H groups in total. The Kier molecular flexibility index (Phi) is 6.09. The van der Waals surface area contributed by atoms with E-state index in [-0.39, 0.29) is 5.91 Å². The average molecular weight is 348 g/mol. The lowest BCUT2D eigenvalue weighted by atomic mass is 10.1. The number of nitrogens with one attached hydrogen (secondary N) is 1. The van der Waals surface area contributed by atoms with E-state index in [4.69, 9.17) is 25.8 Å².